The second-order valence-corrected chi connectivity index (χ2v) is 6.26. The molecule has 3 aromatic rings. The Morgan fingerprint density at radius 3 is 1.81 bits per heavy atom. The summed E-state index contributed by atoms with van der Waals surface area (Å²) in [5.41, 5.74) is 2.67. The third kappa shape index (κ3) is 4.78. The molecule has 3 rings (SSSR count). The normalized spacial score (nSPS) is 9.46. The summed E-state index contributed by atoms with van der Waals surface area (Å²) in [7, 11) is 0. The summed E-state index contributed by atoms with van der Waals surface area (Å²) in [5, 5.41) is 1.29. The smallest absolute Gasteiger partial charge is 0.237 e. The highest BCUT2D eigenvalue weighted by molar-refractivity contribution is 6.30. The predicted molar refractivity (Wildman–Crippen MR) is 107 cm³/mol. The van der Waals surface area contributed by atoms with Gasteiger partial charge in [-0.25, -0.2) is 0 Å². The van der Waals surface area contributed by atoms with Crippen LogP contribution in [0.15, 0.2) is 72.8 Å². The summed E-state index contributed by atoms with van der Waals surface area (Å²) in [6, 6.07) is 21.4. The summed E-state index contributed by atoms with van der Waals surface area (Å²) in [4.78, 5) is 12.5. The van der Waals surface area contributed by atoms with Crippen LogP contribution >= 0.6 is 23.2 Å². The van der Waals surface area contributed by atoms with Crippen molar-refractivity contribution in [2.45, 2.75) is 0 Å². The van der Waals surface area contributed by atoms with Crippen LogP contribution in [0.25, 0.3) is 0 Å². The van der Waals surface area contributed by atoms with Crippen LogP contribution in [0, 0.1) is 23.7 Å². The van der Waals surface area contributed by atoms with Crippen LogP contribution in [0.4, 0.5) is 0 Å². The molecule has 3 heteroatoms. The van der Waals surface area contributed by atoms with Crippen molar-refractivity contribution in [2.75, 3.05) is 0 Å². The number of hydrogen-bond acceptors (Lipinski definition) is 1. The Labute approximate surface area is 162 Å². The molecule has 0 bridgehead atoms. The van der Waals surface area contributed by atoms with E-state index in [2.05, 4.69) is 23.7 Å². The van der Waals surface area contributed by atoms with Gasteiger partial charge >= 0.3 is 0 Å². The Morgan fingerprint density at radius 2 is 1.19 bits per heavy atom. The molecule has 3 aromatic carbocycles. The van der Waals surface area contributed by atoms with Gasteiger partial charge in [-0.3, -0.25) is 4.79 Å². The molecule has 0 unspecified atom stereocenters. The Balaban J connectivity index is 1.86. The monoisotopic (exact) mass is 374 g/mol. The number of benzene rings is 3. The van der Waals surface area contributed by atoms with Gasteiger partial charge in [0, 0.05) is 32.3 Å². The van der Waals surface area contributed by atoms with E-state index in [-0.39, 0.29) is 5.78 Å². The van der Waals surface area contributed by atoms with Crippen LogP contribution < -0.4 is 0 Å². The standard InChI is InChI=1S/C23H12Cl2O/c24-20-12-6-17(7-13-20)5-11-19-3-1-2-4-22(19)23(26)16-10-18-8-14-21(25)15-9-18/h1-4,6-9,12-15H. The van der Waals surface area contributed by atoms with Gasteiger partial charge in [-0.2, -0.15) is 0 Å². The van der Waals surface area contributed by atoms with Gasteiger partial charge in [0.25, 0.3) is 0 Å². The minimum absolute atomic E-state index is 0.277. The van der Waals surface area contributed by atoms with Gasteiger partial charge in [-0.15, -0.1) is 0 Å². The van der Waals surface area contributed by atoms with Crippen LogP contribution in [0.1, 0.15) is 27.0 Å². The lowest BCUT2D eigenvalue weighted by Gasteiger charge is -1.98. The average molecular weight is 375 g/mol. The molecule has 0 saturated heterocycles. The molecular formula is C23H12Cl2O. The average Bonchev–Trinajstić information content (AvgIpc) is 2.67. The maximum Gasteiger partial charge on any atom is 0.237 e. The Morgan fingerprint density at radius 1 is 0.654 bits per heavy atom. The quantitative estimate of drug-likeness (QED) is 0.398. The third-order valence-electron chi connectivity index (χ3n) is 3.52. The first-order chi connectivity index (χ1) is 12.6. The highest BCUT2D eigenvalue weighted by atomic mass is 35.5. The maximum atomic E-state index is 12.5. The summed E-state index contributed by atoms with van der Waals surface area (Å²) < 4.78 is 0. The summed E-state index contributed by atoms with van der Waals surface area (Å²) >= 11 is 11.7. The van der Waals surface area contributed by atoms with Crippen LogP contribution in [0.2, 0.25) is 10.0 Å². The predicted octanol–water partition coefficient (Wildman–Crippen LogP) is 5.63. The summed E-state index contributed by atoms with van der Waals surface area (Å²) in [6.45, 7) is 0. The molecule has 0 fully saturated rings. The first kappa shape index (κ1) is 17.8. The molecular weight excluding hydrogens is 363 g/mol. The largest absolute Gasteiger partial charge is 0.279 e. The van der Waals surface area contributed by atoms with E-state index >= 15 is 0 Å². The Hall–Kier alpha value is -2.97. The molecule has 0 aliphatic rings. The van der Waals surface area contributed by atoms with Crippen molar-refractivity contribution in [3.63, 3.8) is 0 Å². The highest BCUT2D eigenvalue weighted by Gasteiger charge is 2.06. The van der Waals surface area contributed by atoms with E-state index in [1.807, 2.05) is 18.2 Å². The van der Waals surface area contributed by atoms with Gasteiger partial charge in [-0.1, -0.05) is 53.1 Å². The van der Waals surface area contributed by atoms with Crippen LogP contribution in [-0.4, -0.2) is 5.78 Å². The molecule has 0 saturated carbocycles. The Bertz CT molecular complexity index is 1060. The van der Waals surface area contributed by atoms with Gasteiger partial charge in [0.2, 0.25) is 5.78 Å². The fourth-order valence-electron chi connectivity index (χ4n) is 2.19. The van der Waals surface area contributed by atoms with Gasteiger partial charge in [-0.05, 0) is 66.6 Å². The molecule has 0 amide bonds. The maximum absolute atomic E-state index is 12.5. The van der Waals surface area contributed by atoms with Gasteiger partial charge in [0.1, 0.15) is 0 Å². The molecule has 0 N–H and O–H groups in total. The zero-order valence-corrected chi connectivity index (χ0v) is 15.1. The van der Waals surface area contributed by atoms with E-state index in [0.29, 0.717) is 21.2 Å². The topological polar surface area (TPSA) is 17.1 Å². The van der Waals surface area contributed by atoms with E-state index in [1.165, 1.54) is 0 Å². The zero-order valence-electron chi connectivity index (χ0n) is 13.6. The fourth-order valence-corrected chi connectivity index (χ4v) is 2.44. The zero-order chi connectivity index (χ0) is 18.4. The lowest BCUT2D eigenvalue weighted by atomic mass is 10.0. The lowest BCUT2D eigenvalue weighted by Crippen LogP contribution is -1.98. The van der Waals surface area contributed by atoms with E-state index in [0.717, 1.165) is 11.1 Å². The summed E-state index contributed by atoms with van der Waals surface area (Å²) in [5.74, 6) is 11.3. The molecule has 0 aliphatic heterocycles. The molecule has 0 spiro atoms. The van der Waals surface area contributed by atoms with E-state index < -0.39 is 0 Å². The number of hydrogen-bond donors (Lipinski definition) is 0. The van der Waals surface area contributed by atoms with Gasteiger partial charge in [0.05, 0.1) is 0 Å². The van der Waals surface area contributed by atoms with E-state index in [1.54, 1.807) is 54.6 Å². The second kappa shape index (κ2) is 8.41. The van der Waals surface area contributed by atoms with Crippen molar-refractivity contribution in [3.8, 4) is 23.7 Å². The molecule has 0 radical (unpaired) electrons. The third-order valence-corrected chi connectivity index (χ3v) is 4.03. The number of rotatable bonds is 1. The van der Waals surface area contributed by atoms with Crippen molar-refractivity contribution in [1.82, 2.24) is 0 Å². The minimum atomic E-state index is -0.277. The number of halogens is 2. The first-order valence-electron chi connectivity index (χ1n) is 7.80. The van der Waals surface area contributed by atoms with Crippen molar-refractivity contribution in [3.05, 3.63) is 105 Å². The number of Topliss-reactive ketones (excluding diaryl/α,β-unsaturated/α-hetero) is 1. The molecule has 0 heterocycles. The van der Waals surface area contributed by atoms with Crippen molar-refractivity contribution in [2.24, 2.45) is 0 Å². The lowest BCUT2D eigenvalue weighted by molar-refractivity contribution is 0.105. The van der Waals surface area contributed by atoms with Gasteiger partial charge < -0.3 is 0 Å². The summed E-state index contributed by atoms with van der Waals surface area (Å²) in [6.07, 6.45) is 0. The number of ketones is 1. The van der Waals surface area contributed by atoms with Crippen LogP contribution in [0.3, 0.4) is 0 Å². The van der Waals surface area contributed by atoms with Gasteiger partial charge in [0.15, 0.2) is 0 Å². The minimum Gasteiger partial charge on any atom is -0.279 e. The molecule has 1 nitrogen and oxygen atoms in total. The van der Waals surface area contributed by atoms with Crippen molar-refractivity contribution in [1.29, 1.82) is 0 Å². The van der Waals surface area contributed by atoms with Crippen LogP contribution in [-0.2, 0) is 0 Å². The fraction of sp³-hybridized carbons (Fsp3) is 0. The first-order valence-corrected chi connectivity index (χ1v) is 8.56. The number of carbonyl (C=O) groups is 1. The number of carbonyl (C=O) groups excluding carboxylic acids is 1. The molecule has 0 atom stereocenters. The SMILES string of the molecule is O=C(C#Cc1ccc(Cl)cc1)c1ccccc1C#Cc1ccc(Cl)cc1. The Kier molecular flexibility index (Phi) is 5.77. The van der Waals surface area contributed by atoms with E-state index in [4.69, 9.17) is 23.2 Å². The second-order valence-electron chi connectivity index (χ2n) is 5.39. The van der Waals surface area contributed by atoms with Crippen molar-refractivity contribution < 1.29 is 4.79 Å². The van der Waals surface area contributed by atoms with Crippen LogP contribution in [0.5, 0.6) is 0 Å². The molecule has 26 heavy (non-hydrogen) atoms. The molecule has 124 valence electrons. The van der Waals surface area contributed by atoms with Crippen molar-refractivity contribution >= 4 is 29.0 Å². The van der Waals surface area contributed by atoms with E-state index in [9.17, 15) is 4.79 Å². The molecule has 0 aliphatic carbocycles. The molecule has 0 aromatic heterocycles. The highest BCUT2D eigenvalue weighted by Crippen LogP contribution is 2.12.